The van der Waals surface area contributed by atoms with Gasteiger partial charge in [0.2, 0.25) is 5.95 Å². The molecule has 2 aromatic heterocycles. The summed E-state index contributed by atoms with van der Waals surface area (Å²) in [6, 6.07) is 19.2. The molecule has 0 atom stereocenters. The van der Waals surface area contributed by atoms with Gasteiger partial charge in [-0.3, -0.25) is 10.1 Å². The molecule has 2 heterocycles. The number of H-pyrrole nitrogens is 2. The number of ether oxygens (including phenoxy) is 2. The van der Waals surface area contributed by atoms with Crippen molar-refractivity contribution in [3.63, 3.8) is 0 Å². The van der Waals surface area contributed by atoms with Crippen LogP contribution in [0.5, 0.6) is 5.75 Å². The minimum absolute atomic E-state index is 0.209. The van der Waals surface area contributed by atoms with Crippen LogP contribution in [0.3, 0.4) is 0 Å². The van der Waals surface area contributed by atoms with Gasteiger partial charge in [0, 0.05) is 11.8 Å². The molecule has 3 aromatic carbocycles. The van der Waals surface area contributed by atoms with Gasteiger partial charge in [0.15, 0.2) is 0 Å². The molecule has 9 nitrogen and oxygen atoms in total. The summed E-state index contributed by atoms with van der Waals surface area (Å²) in [6.07, 6.45) is -0.0839. The summed E-state index contributed by atoms with van der Waals surface area (Å²) in [5, 5.41) is 10.8. The summed E-state index contributed by atoms with van der Waals surface area (Å²) in [7, 11) is 2.92. The molecule has 0 fully saturated rings. The molecule has 0 saturated carbocycles. The van der Waals surface area contributed by atoms with Gasteiger partial charge in [0.25, 0.3) is 5.56 Å². The number of nitrogens with zero attached hydrogens (tertiary/aromatic N) is 2. The van der Waals surface area contributed by atoms with Gasteiger partial charge in [-0.25, -0.2) is 14.9 Å². The largest absolute Gasteiger partial charge is 0.497 e. The third-order valence-corrected chi connectivity index (χ3v) is 5.57. The first-order chi connectivity index (χ1) is 16.5. The van der Waals surface area contributed by atoms with Crippen LogP contribution in [-0.2, 0) is 11.2 Å². The van der Waals surface area contributed by atoms with E-state index in [-0.39, 0.29) is 5.56 Å². The van der Waals surface area contributed by atoms with Crippen LogP contribution in [0, 0.1) is 0 Å². The zero-order chi connectivity index (χ0) is 23.7. The minimum atomic E-state index is -0.597. The smallest absolute Gasteiger partial charge is 0.413 e. The van der Waals surface area contributed by atoms with Crippen LogP contribution in [0.2, 0.25) is 0 Å². The third kappa shape index (κ3) is 4.06. The highest BCUT2D eigenvalue weighted by atomic mass is 16.5. The van der Waals surface area contributed by atoms with Gasteiger partial charge in [-0.1, -0.05) is 30.3 Å². The lowest BCUT2D eigenvalue weighted by molar-refractivity contribution is 0.186. The number of anilines is 1. The van der Waals surface area contributed by atoms with Crippen molar-refractivity contribution in [2.75, 3.05) is 19.5 Å². The summed E-state index contributed by atoms with van der Waals surface area (Å²) in [6.45, 7) is 0. The highest BCUT2D eigenvalue weighted by Crippen LogP contribution is 2.30. The predicted molar refractivity (Wildman–Crippen MR) is 129 cm³/mol. The SMILES string of the molecule is COC(=O)Nc1nc2cc(-c3cc(Cc4n[nH]c(=O)c5ccccc45)cc(OC)c3)ccc2[nH]1. The number of hydrogen-bond acceptors (Lipinski definition) is 6. The average molecular weight is 455 g/mol. The van der Waals surface area contributed by atoms with Gasteiger partial charge in [-0.15, -0.1) is 0 Å². The molecule has 5 aromatic rings. The van der Waals surface area contributed by atoms with E-state index in [0.717, 1.165) is 33.3 Å². The second-order valence-electron chi connectivity index (χ2n) is 7.73. The van der Waals surface area contributed by atoms with Gasteiger partial charge in [-0.05, 0) is 47.0 Å². The standard InChI is InChI=1S/C25H21N5O4/c1-33-17-10-14(11-21-18-5-3-4-6-19(18)23(31)30-29-21)9-16(12-17)15-7-8-20-22(13-15)27-24(26-20)28-25(32)34-2/h3-10,12-13H,11H2,1-2H3,(H,30,31)(H2,26,27,28,32). The second kappa shape index (κ2) is 8.70. The number of carbonyl (C=O) groups is 1. The molecule has 0 aliphatic rings. The molecular weight excluding hydrogens is 434 g/mol. The predicted octanol–water partition coefficient (Wildman–Crippen LogP) is 4.24. The molecule has 5 rings (SSSR count). The van der Waals surface area contributed by atoms with Crippen LogP contribution >= 0.6 is 0 Å². The number of rotatable bonds is 5. The summed E-state index contributed by atoms with van der Waals surface area (Å²) < 4.78 is 10.2. The maximum Gasteiger partial charge on any atom is 0.413 e. The fourth-order valence-corrected chi connectivity index (χ4v) is 3.94. The molecule has 0 radical (unpaired) electrons. The molecule has 0 bridgehead atoms. The van der Waals surface area contributed by atoms with Crippen molar-refractivity contribution in [3.05, 3.63) is 82.3 Å². The van der Waals surface area contributed by atoms with Crippen LogP contribution in [0.25, 0.3) is 32.9 Å². The van der Waals surface area contributed by atoms with E-state index < -0.39 is 6.09 Å². The fourth-order valence-electron chi connectivity index (χ4n) is 3.94. The van der Waals surface area contributed by atoms with E-state index in [1.54, 1.807) is 13.2 Å². The maximum absolute atomic E-state index is 12.1. The Kier molecular flexibility index (Phi) is 5.43. The molecule has 3 N–H and O–H groups in total. The third-order valence-electron chi connectivity index (χ3n) is 5.57. The Morgan fingerprint density at radius 3 is 2.62 bits per heavy atom. The second-order valence-corrected chi connectivity index (χ2v) is 7.73. The number of nitrogens with one attached hydrogen (secondary N) is 3. The number of hydrogen-bond donors (Lipinski definition) is 3. The first-order valence-electron chi connectivity index (χ1n) is 10.5. The minimum Gasteiger partial charge on any atom is -0.497 e. The van der Waals surface area contributed by atoms with E-state index in [0.29, 0.717) is 29.0 Å². The Bertz CT molecular complexity index is 1590. The topological polar surface area (TPSA) is 122 Å². The molecule has 0 saturated heterocycles. The van der Waals surface area contributed by atoms with E-state index >= 15 is 0 Å². The Hall–Kier alpha value is -4.66. The Labute approximate surface area is 193 Å². The van der Waals surface area contributed by atoms with E-state index in [2.05, 4.69) is 36.3 Å². The number of fused-ring (bicyclic) bond motifs is 2. The van der Waals surface area contributed by atoms with Crippen molar-refractivity contribution in [3.8, 4) is 16.9 Å². The molecule has 0 aliphatic heterocycles. The number of methoxy groups -OCH3 is 2. The number of benzene rings is 3. The lowest BCUT2D eigenvalue weighted by atomic mass is 9.98. The lowest BCUT2D eigenvalue weighted by Crippen LogP contribution is -2.11. The van der Waals surface area contributed by atoms with Gasteiger partial charge < -0.3 is 14.5 Å². The zero-order valence-electron chi connectivity index (χ0n) is 18.5. The van der Waals surface area contributed by atoms with Crippen molar-refractivity contribution in [2.45, 2.75) is 6.42 Å². The molecular formula is C25H21N5O4. The van der Waals surface area contributed by atoms with Crippen LogP contribution in [0.1, 0.15) is 11.3 Å². The first-order valence-corrected chi connectivity index (χ1v) is 10.5. The average Bonchev–Trinajstić information content (AvgIpc) is 3.27. The van der Waals surface area contributed by atoms with Gasteiger partial charge in [-0.2, -0.15) is 5.10 Å². The van der Waals surface area contributed by atoms with E-state index in [1.165, 1.54) is 7.11 Å². The van der Waals surface area contributed by atoms with Crippen molar-refractivity contribution in [2.24, 2.45) is 0 Å². The van der Waals surface area contributed by atoms with Crippen LogP contribution in [0.15, 0.2) is 65.5 Å². The van der Waals surface area contributed by atoms with E-state index in [9.17, 15) is 9.59 Å². The van der Waals surface area contributed by atoms with Crippen molar-refractivity contribution in [1.82, 2.24) is 20.2 Å². The van der Waals surface area contributed by atoms with E-state index in [4.69, 9.17) is 4.74 Å². The highest BCUT2D eigenvalue weighted by Gasteiger charge is 2.12. The van der Waals surface area contributed by atoms with Gasteiger partial charge >= 0.3 is 6.09 Å². The molecule has 0 unspecified atom stereocenters. The number of aromatic nitrogens is 4. The zero-order valence-corrected chi connectivity index (χ0v) is 18.5. The quantitative estimate of drug-likeness (QED) is 0.364. The van der Waals surface area contributed by atoms with Gasteiger partial charge in [0.1, 0.15) is 5.75 Å². The van der Waals surface area contributed by atoms with Crippen LogP contribution in [0.4, 0.5) is 10.7 Å². The molecule has 34 heavy (non-hydrogen) atoms. The molecule has 9 heteroatoms. The number of carbonyl (C=O) groups excluding carboxylic acids is 1. The molecule has 0 spiro atoms. The number of aromatic amines is 2. The Balaban J connectivity index is 1.53. The number of amides is 1. The number of imidazole rings is 1. The van der Waals surface area contributed by atoms with Crippen LogP contribution < -0.4 is 15.6 Å². The van der Waals surface area contributed by atoms with Crippen molar-refractivity contribution < 1.29 is 14.3 Å². The fraction of sp³-hybridized carbons (Fsp3) is 0.120. The summed E-state index contributed by atoms with van der Waals surface area (Å²) >= 11 is 0. The Morgan fingerprint density at radius 1 is 1.00 bits per heavy atom. The molecule has 0 aliphatic carbocycles. The molecule has 1 amide bonds. The monoisotopic (exact) mass is 455 g/mol. The van der Waals surface area contributed by atoms with Gasteiger partial charge in [0.05, 0.1) is 36.3 Å². The van der Waals surface area contributed by atoms with Crippen molar-refractivity contribution >= 4 is 33.8 Å². The lowest BCUT2D eigenvalue weighted by Gasteiger charge is -2.10. The Morgan fingerprint density at radius 2 is 1.82 bits per heavy atom. The molecule has 170 valence electrons. The van der Waals surface area contributed by atoms with E-state index in [1.807, 2.05) is 48.5 Å². The van der Waals surface area contributed by atoms with Crippen LogP contribution in [-0.4, -0.2) is 40.5 Å². The summed E-state index contributed by atoms with van der Waals surface area (Å²) in [4.78, 5) is 31.1. The summed E-state index contributed by atoms with van der Waals surface area (Å²) in [5.74, 6) is 1.01. The normalized spacial score (nSPS) is 11.0. The summed E-state index contributed by atoms with van der Waals surface area (Å²) in [5.41, 5.74) is 4.89. The van der Waals surface area contributed by atoms with Crippen molar-refractivity contribution in [1.29, 1.82) is 0 Å². The maximum atomic E-state index is 12.1. The highest BCUT2D eigenvalue weighted by molar-refractivity contribution is 5.88. The first kappa shape index (κ1) is 21.2.